The topological polar surface area (TPSA) is 60.0 Å². The minimum absolute atomic E-state index is 0.155. The van der Waals surface area contributed by atoms with E-state index in [2.05, 4.69) is 17.3 Å². The number of carbonyl (C=O) groups is 1. The molecule has 1 fully saturated rings. The van der Waals surface area contributed by atoms with Gasteiger partial charge in [0.2, 0.25) is 5.91 Å². The normalized spacial score (nSPS) is 14.6. The van der Waals surface area contributed by atoms with Gasteiger partial charge in [0.15, 0.2) is 0 Å². The number of carbonyl (C=O) groups excluding carboxylic acids is 1. The van der Waals surface area contributed by atoms with E-state index in [0.29, 0.717) is 19.2 Å². The molecule has 1 aliphatic heterocycles. The molecule has 0 spiro atoms. The van der Waals surface area contributed by atoms with Crippen LogP contribution in [-0.2, 0) is 16.1 Å². The van der Waals surface area contributed by atoms with Crippen LogP contribution in [0.3, 0.4) is 0 Å². The van der Waals surface area contributed by atoms with E-state index in [9.17, 15) is 4.79 Å². The maximum absolute atomic E-state index is 12.3. The first-order chi connectivity index (χ1) is 15.5. The average molecular weight is 439 g/mol. The molecule has 0 bridgehead atoms. The van der Waals surface area contributed by atoms with Crippen molar-refractivity contribution in [3.8, 4) is 11.5 Å². The van der Waals surface area contributed by atoms with Crippen molar-refractivity contribution in [1.29, 1.82) is 0 Å². The van der Waals surface area contributed by atoms with Gasteiger partial charge >= 0.3 is 0 Å². The number of methoxy groups -OCH3 is 1. The zero-order chi connectivity index (χ0) is 22.8. The number of hydrogen-bond acceptors (Lipinski definition) is 5. The molecule has 1 aliphatic rings. The highest BCUT2D eigenvalue weighted by Crippen LogP contribution is 2.21. The Bertz CT molecular complexity index is 906. The minimum Gasteiger partial charge on any atom is -0.496 e. The molecule has 2 aromatic rings. The van der Waals surface area contributed by atoms with Crippen LogP contribution >= 0.6 is 0 Å². The lowest BCUT2D eigenvalue weighted by molar-refractivity contribution is -0.116. The van der Waals surface area contributed by atoms with Gasteiger partial charge in [-0.2, -0.15) is 0 Å². The van der Waals surface area contributed by atoms with Gasteiger partial charge in [0.25, 0.3) is 0 Å². The zero-order valence-electron chi connectivity index (χ0n) is 19.3. The lowest BCUT2D eigenvalue weighted by Crippen LogP contribution is -2.38. The number of rotatable bonds is 10. The quantitative estimate of drug-likeness (QED) is 0.572. The number of nitrogens with one attached hydrogen (secondary N) is 1. The molecule has 0 atom stereocenters. The summed E-state index contributed by atoms with van der Waals surface area (Å²) in [6.07, 6.45) is 5.47. The van der Waals surface area contributed by atoms with Crippen LogP contribution in [0.4, 0.5) is 0 Å². The molecule has 0 radical (unpaired) electrons. The molecule has 1 N–H and O–H groups in total. The molecular formula is C26H34N2O4. The van der Waals surface area contributed by atoms with Crippen molar-refractivity contribution in [1.82, 2.24) is 10.2 Å². The number of benzene rings is 2. The summed E-state index contributed by atoms with van der Waals surface area (Å²) in [5, 5.41) is 2.92. The summed E-state index contributed by atoms with van der Waals surface area (Å²) in [4.78, 5) is 14.6. The first-order valence-corrected chi connectivity index (χ1v) is 11.2. The molecule has 0 unspecified atom stereocenters. The van der Waals surface area contributed by atoms with Gasteiger partial charge in [-0.15, -0.1) is 0 Å². The molecule has 1 amide bonds. The summed E-state index contributed by atoms with van der Waals surface area (Å²) in [6.45, 7) is 5.64. The number of hydrogen-bond donors (Lipinski definition) is 1. The van der Waals surface area contributed by atoms with Gasteiger partial charge in [0.1, 0.15) is 18.1 Å². The van der Waals surface area contributed by atoms with Crippen LogP contribution in [0, 0.1) is 6.92 Å². The third-order valence-corrected chi connectivity index (χ3v) is 5.69. The van der Waals surface area contributed by atoms with E-state index >= 15 is 0 Å². The van der Waals surface area contributed by atoms with Crippen LogP contribution in [0.1, 0.15) is 29.5 Å². The van der Waals surface area contributed by atoms with Crippen LogP contribution in [-0.4, -0.2) is 57.4 Å². The summed E-state index contributed by atoms with van der Waals surface area (Å²) < 4.78 is 16.7. The summed E-state index contributed by atoms with van der Waals surface area (Å²) in [5.74, 6) is 1.40. The fraction of sp³-hybridized carbons (Fsp3) is 0.423. The molecule has 1 heterocycles. The Morgan fingerprint density at radius 1 is 1.22 bits per heavy atom. The van der Waals surface area contributed by atoms with Crippen LogP contribution in [0.2, 0.25) is 0 Å². The van der Waals surface area contributed by atoms with Gasteiger partial charge in [-0.25, -0.2) is 0 Å². The van der Waals surface area contributed by atoms with Crippen molar-refractivity contribution in [3.63, 3.8) is 0 Å². The molecule has 6 nitrogen and oxygen atoms in total. The summed E-state index contributed by atoms with van der Waals surface area (Å²) in [6, 6.07) is 14.3. The fourth-order valence-electron chi connectivity index (χ4n) is 3.76. The lowest BCUT2D eigenvalue weighted by atomic mass is 10.1. The molecule has 172 valence electrons. The van der Waals surface area contributed by atoms with Crippen molar-refractivity contribution in [3.05, 3.63) is 65.2 Å². The number of amides is 1. The Morgan fingerprint density at radius 2 is 2.03 bits per heavy atom. The van der Waals surface area contributed by atoms with Crippen LogP contribution in [0.15, 0.2) is 48.5 Å². The third kappa shape index (κ3) is 7.39. The highest BCUT2D eigenvalue weighted by molar-refractivity contribution is 5.92. The van der Waals surface area contributed by atoms with Crippen LogP contribution in [0.5, 0.6) is 11.5 Å². The van der Waals surface area contributed by atoms with E-state index in [1.165, 1.54) is 6.08 Å². The molecule has 0 aliphatic carbocycles. The molecule has 6 heteroatoms. The van der Waals surface area contributed by atoms with Gasteiger partial charge in [-0.3, -0.25) is 9.69 Å². The second-order valence-corrected chi connectivity index (χ2v) is 8.12. The molecule has 32 heavy (non-hydrogen) atoms. The summed E-state index contributed by atoms with van der Waals surface area (Å²) in [5.41, 5.74) is 2.99. The standard InChI is InChI=1S/C26H34N2O4/c1-20-7-9-25(30-3)22(17-20)8-10-26(29)27-19-21-5-4-6-24(18-21)32-16-13-28(2)23-11-14-31-15-12-23/h4-10,17-18,23H,11-16,19H2,1-3H3,(H,27,29)/b10-8+. The van der Waals surface area contributed by atoms with E-state index in [4.69, 9.17) is 14.2 Å². The Morgan fingerprint density at radius 3 is 2.81 bits per heavy atom. The van der Waals surface area contributed by atoms with E-state index in [1.807, 2.05) is 49.4 Å². The van der Waals surface area contributed by atoms with E-state index in [0.717, 1.165) is 60.8 Å². The van der Waals surface area contributed by atoms with Gasteiger partial charge < -0.3 is 19.5 Å². The number of nitrogens with zero attached hydrogens (tertiary/aromatic N) is 1. The first kappa shape index (κ1) is 23.8. The molecule has 1 saturated heterocycles. The second kappa shape index (κ2) is 12.3. The smallest absolute Gasteiger partial charge is 0.244 e. The van der Waals surface area contributed by atoms with Crippen molar-refractivity contribution in [2.75, 3.05) is 40.5 Å². The molecule has 2 aromatic carbocycles. The largest absolute Gasteiger partial charge is 0.496 e. The Balaban J connectivity index is 1.45. The summed E-state index contributed by atoms with van der Waals surface area (Å²) in [7, 11) is 3.77. The molecule has 0 saturated carbocycles. The van der Waals surface area contributed by atoms with E-state index < -0.39 is 0 Å². The summed E-state index contributed by atoms with van der Waals surface area (Å²) >= 11 is 0. The minimum atomic E-state index is -0.155. The lowest BCUT2D eigenvalue weighted by Gasteiger charge is -2.31. The first-order valence-electron chi connectivity index (χ1n) is 11.2. The predicted octanol–water partition coefficient (Wildman–Crippen LogP) is 3.82. The number of aryl methyl sites for hydroxylation is 1. The van der Waals surface area contributed by atoms with Crippen molar-refractivity contribution < 1.29 is 19.0 Å². The van der Waals surface area contributed by atoms with Crippen molar-refractivity contribution in [2.24, 2.45) is 0 Å². The van der Waals surface area contributed by atoms with Crippen LogP contribution in [0.25, 0.3) is 6.08 Å². The fourth-order valence-corrected chi connectivity index (χ4v) is 3.76. The molecular weight excluding hydrogens is 404 g/mol. The van der Waals surface area contributed by atoms with Crippen LogP contribution < -0.4 is 14.8 Å². The van der Waals surface area contributed by atoms with Gasteiger partial charge in [-0.05, 0) is 62.7 Å². The van der Waals surface area contributed by atoms with Gasteiger partial charge in [0, 0.05) is 44.0 Å². The van der Waals surface area contributed by atoms with Crippen molar-refractivity contribution >= 4 is 12.0 Å². The van der Waals surface area contributed by atoms with Crippen molar-refractivity contribution in [2.45, 2.75) is 32.4 Å². The Hall–Kier alpha value is -2.83. The molecule has 3 rings (SSSR count). The maximum Gasteiger partial charge on any atom is 0.244 e. The third-order valence-electron chi connectivity index (χ3n) is 5.69. The van der Waals surface area contributed by atoms with Gasteiger partial charge in [-0.1, -0.05) is 23.8 Å². The maximum atomic E-state index is 12.3. The Labute approximate surface area is 191 Å². The zero-order valence-corrected chi connectivity index (χ0v) is 19.3. The number of likely N-dealkylation sites (N-methyl/N-ethyl adjacent to an activating group) is 1. The second-order valence-electron chi connectivity index (χ2n) is 8.12. The van der Waals surface area contributed by atoms with E-state index in [1.54, 1.807) is 13.2 Å². The van der Waals surface area contributed by atoms with Gasteiger partial charge in [0.05, 0.1) is 7.11 Å². The number of ether oxygens (including phenoxy) is 3. The van der Waals surface area contributed by atoms with E-state index in [-0.39, 0.29) is 5.91 Å². The highest BCUT2D eigenvalue weighted by Gasteiger charge is 2.17. The average Bonchev–Trinajstić information content (AvgIpc) is 2.82. The Kier molecular flexibility index (Phi) is 9.13. The SMILES string of the molecule is COc1ccc(C)cc1/C=C/C(=O)NCc1cccc(OCCN(C)C2CCOCC2)c1. The molecule has 0 aromatic heterocycles. The predicted molar refractivity (Wildman–Crippen MR) is 127 cm³/mol. The monoisotopic (exact) mass is 438 g/mol. The highest BCUT2D eigenvalue weighted by atomic mass is 16.5.